The van der Waals surface area contributed by atoms with Gasteiger partial charge in [0.15, 0.2) is 5.01 Å². The number of anilines is 1. The van der Waals surface area contributed by atoms with Crippen LogP contribution < -0.4 is 10.1 Å². The van der Waals surface area contributed by atoms with Gasteiger partial charge in [0.05, 0.1) is 6.10 Å². The first-order valence-electron chi connectivity index (χ1n) is 7.31. The molecule has 8 heteroatoms. The molecule has 0 saturated carbocycles. The highest BCUT2D eigenvalue weighted by molar-refractivity contribution is 7.18. The molecule has 7 nitrogen and oxygen atoms in total. The zero-order chi connectivity index (χ0) is 16.9. The second-order valence-electron chi connectivity index (χ2n) is 5.13. The fourth-order valence-electron chi connectivity index (χ4n) is 1.89. The Bertz CT molecular complexity index is 835. The van der Waals surface area contributed by atoms with Crippen LogP contribution in [-0.4, -0.2) is 32.2 Å². The van der Waals surface area contributed by atoms with Gasteiger partial charge in [-0.25, -0.2) is 4.98 Å². The molecule has 0 aliphatic carbocycles. The Balaban J connectivity index is 1.72. The van der Waals surface area contributed by atoms with Crippen molar-refractivity contribution in [2.75, 3.05) is 5.32 Å². The smallest absolute Gasteiger partial charge is 0.257 e. The molecule has 0 radical (unpaired) electrons. The third-order valence-corrected chi connectivity index (χ3v) is 3.74. The molecule has 0 aliphatic rings. The lowest BCUT2D eigenvalue weighted by Gasteiger charge is -2.09. The predicted molar refractivity (Wildman–Crippen MR) is 91.1 cm³/mol. The maximum Gasteiger partial charge on any atom is 0.257 e. The molecule has 1 amide bonds. The van der Waals surface area contributed by atoms with Crippen molar-refractivity contribution in [2.24, 2.45) is 0 Å². The van der Waals surface area contributed by atoms with Crippen molar-refractivity contribution in [3.05, 3.63) is 48.3 Å². The van der Waals surface area contributed by atoms with Crippen LogP contribution >= 0.6 is 11.3 Å². The van der Waals surface area contributed by atoms with Crippen LogP contribution in [0.4, 0.5) is 5.13 Å². The molecular weight excluding hydrogens is 326 g/mol. The topological polar surface area (TPSA) is 89.9 Å². The van der Waals surface area contributed by atoms with Crippen molar-refractivity contribution in [2.45, 2.75) is 20.0 Å². The van der Waals surface area contributed by atoms with E-state index in [1.807, 2.05) is 32.0 Å². The molecule has 3 aromatic heterocycles. The van der Waals surface area contributed by atoms with Crippen molar-refractivity contribution >= 4 is 22.4 Å². The molecule has 0 spiro atoms. The Morgan fingerprint density at radius 2 is 2.04 bits per heavy atom. The Morgan fingerprint density at radius 1 is 1.17 bits per heavy atom. The quantitative estimate of drug-likeness (QED) is 0.767. The zero-order valence-corrected chi connectivity index (χ0v) is 13.9. The summed E-state index contributed by atoms with van der Waals surface area (Å²) in [5.41, 5.74) is 1.15. The van der Waals surface area contributed by atoms with Gasteiger partial charge in [-0.2, -0.15) is 0 Å². The summed E-state index contributed by atoms with van der Waals surface area (Å²) >= 11 is 1.26. The van der Waals surface area contributed by atoms with Crippen LogP contribution in [0.2, 0.25) is 0 Å². The number of carbonyl (C=O) groups excluding carboxylic acids is 1. The van der Waals surface area contributed by atoms with Gasteiger partial charge in [0.2, 0.25) is 11.0 Å². The molecule has 1 N–H and O–H groups in total. The summed E-state index contributed by atoms with van der Waals surface area (Å²) in [4.78, 5) is 20.6. The van der Waals surface area contributed by atoms with E-state index in [0.29, 0.717) is 27.3 Å². The molecule has 0 unspecified atom stereocenters. The first-order valence-corrected chi connectivity index (χ1v) is 8.12. The number of aromatic nitrogens is 4. The van der Waals surface area contributed by atoms with Crippen molar-refractivity contribution in [3.63, 3.8) is 0 Å². The van der Waals surface area contributed by atoms with Crippen LogP contribution in [0.5, 0.6) is 5.88 Å². The van der Waals surface area contributed by atoms with Gasteiger partial charge in [0.25, 0.3) is 5.91 Å². The standard InChI is InChI=1S/C16H15N5O2S/c1-10(2)23-13-9-11(6-8-18-13)14(22)19-16-21-20-15(24-16)12-5-3-4-7-17-12/h3-10H,1-2H3,(H,19,21,22). The van der Waals surface area contributed by atoms with Gasteiger partial charge in [-0.3, -0.25) is 15.1 Å². The molecule has 0 fully saturated rings. The van der Waals surface area contributed by atoms with E-state index in [9.17, 15) is 4.79 Å². The van der Waals surface area contributed by atoms with Crippen molar-refractivity contribution < 1.29 is 9.53 Å². The Labute approximate surface area is 142 Å². The molecule has 0 saturated heterocycles. The lowest BCUT2D eigenvalue weighted by Crippen LogP contribution is -2.13. The average Bonchev–Trinajstić information content (AvgIpc) is 3.04. The highest BCUT2D eigenvalue weighted by Gasteiger charge is 2.13. The normalized spacial score (nSPS) is 10.6. The molecule has 0 atom stereocenters. The molecule has 3 heterocycles. The maximum absolute atomic E-state index is 12.3. The lowest BCUT2D eigenvalue weighted by molar-refractivity contribution is 0.102. The third-order valence-electron chi connectivity index (χ3n) is 2.88. The van der Waals surface area contributed by atoms with Crippen molar-refractivity contribution in [1.29, 1.82) is 0 Å². The van der Waals surface area contributed by atoms with Crippen LogP contribution in [0.25, 0.3) is 10.7 Å². The molecule has 24 heavy (non-hydrogen) atoms. The minimum Gasteiger partial charge on any atom is -0.475 e. The Morgan fingerprint density at radius 3 is 2.79 bits per heavy atom. The SMILES string of the molecule is CC(C)Oc1cc(C(=O)Nc2nnc(-c3ccccn3)s2)ccn1. The summed E-state index contributed by atoms with van der Waals surface area (Å²) in [7, 11) is 0. The minimum absolute atomic E-state index is 0.0140. The number of nitrogens with one attached hydrogen (secondary N) is 1. The minimum atomic E-state index is -0.297. The van der Waals surface area contributed by atoms with E-state index in [1.165, 1.54) is 17.5 Å². The summed E-state index contributed by atoms with van der Waals surface area (Å²) in [6.07, 6.45) is 3.20. The number of hydrogen-bond donors (Lipinski definition) is 1. The molecule has 0 bridgehead atoms. The van der Waals surface area contributed by atoms with Crippen molar-refractivity contribution in [1.82, 2.24) is 20.2 Å². The number of pyridine rings is 2. The molecule has 0 aliphatic heterocycles. The largest absolute Gasteiger partial charge is 0.475 e. The Hall–Kier alpha value is -2.87. The first kappa shape index (κ1) is 16.0. The van der Waals surface area contributed by atoms with Gasteiger partial charge in [0.1, 0.15) is 5.69 Å². The average molecular weight is 341 g/mol. The number of hydrogen-bond acceptors (Lipinski definition) is 7. The van der Waals surface area contributed by atoms with E-state index < -0.39 is 0 Å². The van der Waals surface area contributed by atoms with E-state index in [1.54, 1.807) is 18.3 Å². The maximum atomic E-state index is 12.3. The van der Waals surface area contributed by atoms with Crippen LogP contribution in [0.15, 0.2) is 42.7 Å². The van der Waals surface area contributed by atoms with Crippen LogP contribution in [0.1, 0.15) is 24.2 Å². The van der Waals surface area contributed by atoms with Gasteiger partial charge in [-0.15, -0.1) is 10.2 Å². The van der Waals surface area contributed by atoms with Gasteiger partial charge in [-0.05, 0) is 32.0 Å². The first-order chi connectivity index (χ1) is 11.6. The monoisotopic (exact) mass is 341 g/mol. The highest BCUT2D eigenvalue weighted by atomic mass is 32.1. The van der Waals surface area contributed by atoms with E-state index in [0.717, 1.165) is 0 Å². The predicted octanol–water partition coefficient (Wildman–Crippen LogP) is 3.03. The fourth-order valence-corrected chi connectivity index (χ4v) is 2.61. The number of carbonyl (C=O) groups is 1. The summed E-state index contributed by atoms with van der Waals surface area (Å²) < 4.78 is 5.49. The van der Waals surface area contributed by atoms with Gasteiger partial charge in [0, 0.05) is 24.0 Å². The third kappa shape index (κ3) is 3.90. The number of rotatable bonds is 5. The second kappa shape index (κ2) is 7.14. The number of nitrogens with zero attached hydrogens (tertiary/aromatic N) is 4. The Kier molecular flexibility index (Phi) is 4.76. The number of ether oxygens (including phenoxy) is 1. The molecule has 3 aromatic rings. The van der Waals surface area contributed by atoms with Gasteiger partial charge in [-0.1, -0.05) is 17.4 Å². The van der Waals surface area contributed by atoms with E-state index in [4.69, 9.17) is 4.74 Å². The summed E-state index contributed by atoms with van der Waals surface area (Å²) in [6, 6.07) is 8.74. The molecule has 3 rings (SSSR count). The van der Waals surface area contributed by atoms with E-state index in [2.05, 4.69) is 25.5 Å². The van der Waals surface area contributed by atoms with Crippen LogP contribution in [0.3, 0.4) is 0 Å². The van der Waals surface area contributed by atoms with Gasteiger partial charge >= 0.3 is 0 Å². The van der Waals surface area contributed by atoms with Crippen LogP contribution in [0, 0.1) is 0 Å². The second-order valence-corrected chi connectivity index (χ2v) is 6.11. The van der Waals surface area contributed by atoms with Crippen LogP contribution in [-0.2, 0) is 0 Å². The summed E-state index contributed by atoms with van der Waals surface area (Å²) in [5.74, 6) is 0.110. The molecule has 122 valence electrons. The van der Waals surface area contributed by atoms with Gasteiger partial charge < -0.3 is 4.74 Å². The van der Waals surface area contributed by atoms with Crippen molar-refractivity contribution in [3.8, 4) is 16.6 Å². The lowest BCUT2D eigenvalue weighted by atomic mass is 10.2. The highest BCUT2D eigenvalue weighted by Crippen LogP contribution is 2.24. The molecule has 0 aromatic carbocycles. The fraction of sp³-hybridized carbons (Fsp3) is 0.188. The zero-order valence-electron chi connectivity index (χ0n) is 13.1. The van der Waals surface area contributed by atoms with E-state index in [-0.39, 0.29) is 12.0 Å². The van der Waals surface area contributed by atoms with E-state index >= 15 is 0 Å². The summed E-state index contributed by atoms with van der Waals surface area (Å²) in [6.45, 7) is 3.80. The molecular formula is C16H15N5O2S. The summed E-state index contributed by atoms with van der Waals surface area (Å²) in [5, 5.41) is 11.8. The number of amides is 1.